The number of nitro groups is 1. The number of piperazine rings is 1. The first kappa shape index (κ1) is 21.9. The molecule has 0 saturated carbocycles. The Morgan fingerprint density at radius 1 is 1.35 bits per heavy atom. The van der Waals surface area contributed by atoms with E-state index in [1.807, 2.05) is 0 Å². The molecule has 1 aromatic rings. The predicted molar refractivity (Wildman–Crippen MR) is 96.0 cm³/mol. The summed E-state index contributed by atoms with van der Waals surface area (Å²) in [5.74, 6) is 0.153. The molecule has 0 radical (unpaired) electrons. The Kier molecular flexibility index (Phi) is 10.1. The highest BCUT2D eigenvalue weighted by Gasteiger charge is 2.25. The van der Waals surface area contributed by atoms with E-state index in [-0.39, 0.29) is 42.3 Å². The van der Waals surface area contributed by atoms with Crippen LogP contribution in [0.1, 0.15) is 37.8 Å². The zero-order chi connectivity index (χ0) is 15.2. The zero-order valence-electron chi connectivity index (χ0n) is 13.2. The maximum absolute atomic E-state index is 11.0. The third-order valence-electron chi connectivity index (χ3n) is 4.00. The van der Waals surface area contributed by atoms with Crippen LogP contribution in [-0.4, -0.2) is 41.1 Å². The Morgan fingerprint density at radius 3 is 2.57 bits per heavy atom. The molecule has 1 heterocycles. The van der Waals surface area contributed by atoms with Gasteiger partial charge in [-0.05, 0) is 12.5 Å². The summed E-state index contributed by atoms with van der Waals surface area (Å²) in [4.78, 5) is 12.9. The molecule has 2 N–H and O–H groups in total. The Balaban J connectivity index is 0.00000242. The molecule has 1 aromatic carbocycles. The van der Waals surface area contributed by atoms with Crippen LogP contribution in [0.3, 0.4) is 0 Å². The van der Waals surface area contributed by atoms with Crippen LogP contribution in [0.5, 0.6) is 5.75 Å². The lowest BCUT2D eigenvalue weighted by molar-refractivity contribution is -0.385. The number of halogens is 2. The Morgan fingerprint density at radius 2 is 2.00 bits per heavy atom. The van der Waals surface area contributed by atoms with Gasteiger partial charge in [0.2, 0.25) is 0 Å². The molecule has 6 nitrogen and oxygen atoms in total. The van der Waals surface area contributed by atoms with Crippen LogP contribution in [-0.2, 0) is 0 Å². The lowest BCUT2D eigenvalue weighted by Gasteiger charge is -2.35. The standard InChI is InChI=1S/C15H23N3O3.2ClH/c1-2-3-4-14(17-9-7-16-8-10-17)13-11-12(18(20)21)5-6-15(13)19;;/h5-6,11,14,16,19H,2-4,7-10H2,1H3;2*1H/t14-;;/m1../s1. The Hall–Kier alpha value is -1.08. The van der Waals surface area contributed by atoms with Gasteiger partial charge in [-0.25, -0.2) is 0 Å². The average molecular weight is 366 g/mol. The summed E-state index contributed by atoms with van der Waals surface area (Å²) in [7, 11) is 0. The van der Waals surface area contributed by atoms with E-state index >= 15 is 0 Å². The lowest BCUT2D eigenvalue weighted by atomic mass is 9.97. The van der Waals surface area contributed by atoms with Gasteiger partial charge in [0.1, 0.15) is 5.75 Å². The summed E-state index contributed by atoms with van der Waals surface area (Å²) in [5, 5.41) is 24.4. The summed E-state index contributed by atoms with van der Waals surface area (Å²) in [5.41, 5.74) is 0.721. The SMILES string of the molecule is CCCC[C@H](c1cc([N+](=O)[O-])ccc1O)N1CCNCC1.Cl.Cl. The molecule has 1 fully saturated rings. The van der Waals surface area contributed by atoms with Crippen molar-refractivity contribution in [3.63, 3.8) is 0 Å². The first-order valence-corrected chi connectivity index (χ1v) is 7.55. The van der Waals surface area contributed by atoms with Crippen molar-refractivity contribution >= 4 is 30.5 Å². The van der Waals surface area contributed by atoms with Crippen molar-refractivity contribution in [2.45, 2.75) is 32.2 Å². The molecule has 1 aliphatic heterocycles. The summed E-state index contributed by atoms with van der Waals surface area (Å²) < 4.78 is 0. The van der Waals surface area contributed by atoms with Gasteiger partial charge in [0, 0.05) is 49.9 Å². The summed E-state index contributed by atoms with van der Waals surface area (Å²) >= 11 is 0. The number of nitro benzene ring substituents is 1. The van der Waals surface area contributed by atoms with Crippen molar-refractivity contribution in [1.82, 2.24) is 10.2 Å². The van der Waals surface area contributed by atoms with E-state index < -0.39 is 4.92 Å². The monoisotopic (exact) mass is 365 g/mol. The third-order valence-corrected chi connectivity index (χ3v) is 4.00. The molecular formula is C15H25Cl2N3O3. The molecule has 1 atom stereocenters. The highest BCUT2D eigenvalue weighted by atomic mass is 35.5. The molecule has 23 heavy (non-hydrogen) atoms. The third kappa shape index (κ3) is 5.80. The highest BCUT2D eigenvalue weighted by Crippen LogP contribution is 2.35. The molecule has 0 bridgehead atoms. The molecule has 1 aliphatic rings. The van der Waals surface area contributed by atoms with Gasteiger partial charge >= 0.3 is 0 Å². The molecule has 2 rings (SSSR count). The second-order valence-electron chi connectivity index (χ2n) is 5.44. The van der Waals surface area contributed by atoms with Crippen LogP contribution in [0, 0.1) is 10.1 Å². The van der Waals surface area contributed by atoms with Crippen LogP contribution in [0.15, 0.2) is 18.2 Å². The summed E-state index contributed by atoms with van der Waals surface area (Å²) in [6, 6.07) is 4.37. The van der Waals surface area contributed by atoms with E-state index in [0.717, 1.165) is 45.4 Å². The zero-order valence-corrected chi connectivity index (χ0v) is 14.9. The van der Waals surface area contributed by atoms with Crippen LogP contribution < -0.4 is 5.32 Å². The Bertz CT molecular complexity index is 497. The normalized spacial score (nSPS) is 16.0. The fourth-order valence-corrected chi connectivity index (χ4v) is 2.85. The molecule has 0 spiro atoms. The maximum atomic E-state index is 11.0. The van der Waals surface area contributed by atoms with Crippen molar-refractivity contribution in [1.29, 1.82) is 0 Å². The first-order valence-electron chi connectivity index (χ1n) is 7.55. The van der Waals surface area contributed by atoms with Gasteiger partial charge in [0.25, 0.3) is 5.69 Å². The molecule has 0 aromatic heterocycles. The number of non-ortho nitro benzene ring substituents is 1. The van der Waals surface area contributed by atoms with Gasteiger partial charge in [-0.3, -0.25) is 15.0 Å². The molecule has 0 unspecified atom stereocenters. The number of phenolic OH excluding ortho intramolecular Hbond substituents is 1. The first-order chi connectivity index (χ1) is 10.1. The number of rotatable bonds is 6. The molecule has 132 valence electrons. The number of benzene rings is 1. The van der Waals surface area contributed by atoms with Gasteiger partial charge in [0.05, 0.1) is 4.92 Å². The fraction of sp³-hybridized carbons (Fsp3) is 0.600. The minimum Gasteiger partial charge on any atom is -0.508 e. The molecule has 8 heteroatoms. The van der Waals surface area contributed by atoms with E-state index in [0.29, 0.717) is 5.56 Å². The van der Waals surface area contributed by atoms with E-state index in [9.17, 15) is 15.2 Å². The van der Waals surface area contributed by atoms with Crippen molar-refractivity contribution in [3.8, 4) is 5.75 Å². The van der Waals surface area contributed by atoms with Gasteiger partial charge in [-0.1, -0.05) is 19.8 Å². The molecule has 0 amide bonds. The second-order valence-corrected chi connectivity index (χ2v) is 5.44. The van der Waals surface area contributed by atoms with E-state index in [2.05, 4.69) is 17.1 Å². The van der Waals surface area contributed by atoms with E-state index in [1.54, 1.807) is 0 Å². The van der Waals surface area contributed by atoms with Crippen molar-refractivity contribution in [2.24, 2.45) is 0 Å². The number of nitrogens with zero attached hydrogens (tertiary/aromatic N) is 2. The van der Waals surface area contributed by atoms with Gasteiger partial charge < -0.3 is 10.4 Å². The van der Waals surface area contributed by atoms with Crippen LogP contribution in [0.25, 0.3) is 0 Å². The van der Waals surface area contributed by atoms with Crippen molar-refractivity contribution < 1.29 is 10.0 Å². The number of hydrogen-bond donors (Lipinski definition) is 2. The number of phenols is 1. The van der Waals surface area contributed by atoms with Crippen LogP contribution in [0.2, 0.25) is 0 Å². The highest BCUT2D eigenvalue weighted by molar-refractivity contribution is 5.85. The van der Waals surface area contributed by atoms with E-state index in [4.69, 9.17) is 0 Å². The van der Waals surface area contributed by atoms with Crippen molar-refractivity contribution in [3.05, 3.63) is 33.9 Å². The smallest absolute Gasteiger partial charge is 0.270 e. The van der Waals surface area contributed by atoms with E-state index in [1.165, 1.54) is 18.2 Å². The fourth-order valence-electron chi connectivity index (χ4n) is 2.85. The summed E-state index contributed by atoms with van der Waals surface area (Å²) in [6.07, 6.45) is 3.01. The van der Waals surface area contributed by atoms with Gasteiger partial charge in [0.15, 0.2) is 0 Å². The number of aromatic hydroxyl groups is 1. The number of nitrogens with one attached hydrogen (secondary N) is 1. The average Bonchev–Trinajstić information content (AvgIpc) is 2.50. The number of unbranched alkanes of at least 4 members (excludes halogenated alkanes) is 1. The predicted octanol–water partition coefficient (Wildman–Crippen LogP) is 3.28. The van der Waals surface area contributed by atoms with Gasteiger partial charge in [-0.2, -0.15) is 0 Å². The topological polar surface area (TPSA) is 78.6 Å². The maximum Gasteiger partial charge on any atom is 0.270 e. The minimum atomic E-state index is -0.405. The molecule has 1 saturated heterocycles. The molecule has 0 aliphatic carbocycles. The van der Waals surface area contributed by atoms with Crippen LogP contribution >= 0.6 is 24.8 Å². The van der Waals surface area contributed by atoms with Crippen LogP contribution in [0.4, 0.5) is 5.69 Å². The second kappa shape index (κ2) is 10.6. The largest absolute Gasteiger partial charge is 0.508 e. The van der Waals surface area contributed by atoms with Crippen molar-refractivity contribution in [2.75, 3.05) is 26.2 Å². The minimum absolute atomic E-state index is 0. The lowest BCUT2D eigenvalue weighted by Crippen LogP contribution is -2.45. The number of hydrogen-bond acceptors (Lipinski definition) is 5. The van der Waals surface area contributed by atoms with Gasteiger partial charge in [-0.15, -0.1) is 24.8 Å². The summed E-state index contributed by atoms with van der Waals surface area (Å²) in [6.45, 7) is 5.76. The Labute approximate surface area is 149 Å². The molecular weight excluding hydrogens is 341 g/mol. The quantitative estimate of drug-likeness (QED) is 0.597.